The average molecular weight is 276 g/mol. The van der Waals surface area contributed by atoms with Crippen molar-refractivity contribution in [2.24, 2.45) is 5.73 Å². The second kappa shape index (κ2) is 6.11. The standard InChI is InChI=1S/C16H18F2N2/c1-20(2)10-11-3-5-12(6-4-11)16(19)14-8-7-13(17)9-15(14)18/h3-9,16H,10,19H2,1-2H3. The number of nitrogens with zero attached hydrogens (tertiary/aromatic N) is 1. The number of benzene rings is 2. The molecule has 106 valence electrons. The van der Waals surface area contributed by atoms with Gasteiger partial charge in [-0.05, 0) is 31.3 Å². The molecule has 2 N–H and O–H groups in total. The fourth-order valence-electron chi connectivity index (χ4n) is 2.13. The highest BCUT2D eigenvalue weighted by atomic mass is 19.1. The van der Waals surface area contributed by atoms with Crippen molar-refractivity contribution in [3.63, 3.8) is 0 Å². The Kier molecular flexibility index (Phi) is 4.47. The maximum atomic E-state index is 13.7. The molecule has 0 saturated carbocycles. The Labute approximate surface area is 117 Å². The summed E-state index contributed by atoms with van der Waals surface area (Å²) in [6.07, 6.45) is 0. The van der Waals surface area contributed by atoms with Gasteiger partial charge in [0, 0.05) is 18.2 Å². The highest BCUT2D eigenvalue weighted by Crippen LogP contribution is 2.23. The predicted octanol–water partition coefficient (Wildman–Crippen LogP) is 3.07. The van der Waals surface area contributed by atoms with E-state index in [4.69, 9.17) is 5.73 Å². The Bertz CT molecular complexity index is 580. The SMILES string of the molecule is CN(C)Cc1ccc(C(N)c2ccc(F)cc2F)cc1. The van der Waals surface area contributed by atoms with Gasteiger partial charge in [0.15, 0.2) is 0 Å². The Hall–Kier alpha value is -1.78. The van der Waals surface area contributed by atoms with Crippen LogP contribution in [0.25, 0.3) is 0 Å². The van der Waals surface area contributed by atoms with Crippen LogP contribution >= 0.6 is 0 Å². The number of hydrogen-bond donors (Lipinski definition) is 1. The lowest BCUT2D eigenvalue weighted by Gasteiger charge is -2.15. The largest absolute Gasteiger partial charge is 0.320 e. The van der Waals surface area contributed by atoms with Crippen LogP contribution in [0.5, 0.6) is 0 Å². The third-order valence-corrected chi connectivity index (χ3v) is 3.14. The summed E-state index contributed by atoms with van der Waals surface area (Å²) in [5.74, 6) is -1.21. The van der Waals surface area contributed by atoms with Gasteiger partial charge in [-0.1, -0.05) is 30.3 Å². The van der Waals surface area contributed by atoms with Gasteiger partial charge in [-0.15, -0.1) is 0 Å². The van der Waals surface area contributed by atoms with E-state index < -0.39 is 17.7 Å². The summed E-state index contributed by atoms with van der Waals surface area (Å²) < 4.78 is 26.6. The van der Waals surface area contributed by atoms with Crippen molar-refractivity contribution in [3.05, 3.63) is 70.8 Å². The third-order valence-electron chi connectivity index (χ3n) is 3.14. The van der Waals surface area contributed by atoms with E-state index >= 15 is 0 Å². The summed E-state index contributed by atoms with van der Waals surface area (Å²) in [6, 6.07) is 10.6. The topological polar surface area (TPSA) is 29.3 Å². The summed E-state index contributed by atoms with van der Waals surface area (Å²) in [5, 5.41) is 0. The van der Waals surface area contributed by atoms with Crippen molar-refractivity contribution in [2.45, 2.75) is 12.6 Å². The number of rotatable bonds is 4. The van der Waals surface area contributed by atoms with Crippen molar-refractivity contribution in [1.29, 1.82) is 0 Å². The minimum atomic E-state index is -0.616. The van der Waals surface area contributed by atoms with Crippen LogP contribution in [0.2, 0.25) is 0 Å². The summed E-state index contributed by atoms with van der Waals surface area (Å²) in [4.78, 5) is 2.06. The second-order valence-electron chi connectivity index (χ2n) is 5.12. The van der Waals surface area contributed by atoms with E-state index in [1.165, 1.54) is 12.1 Å². The number of nitrogens with two attached hydrogens (primary N) is 1. The monoisotopic (exact) mass is 276 g/mol. The van der Waals surface area contributed by atoms with Crippen LogP contribution in [-0.2, 0) is 6.54 Å². The fourth-order valence-corrected chi connectivity index (χ4v) is 2.13. The first-order chi connectivity index (χ1) is 9.47. The van der Waals surface area contributed by atoms with E-state index in [2.05, 4.69) is 4.90 Å². The van der Waals surface area contributed by atoms with Crippen molar-refractivity contribution >= 4 is 0 Å². The molecule has 0 radical (unpaired) electrons. The Morgan fingerprint density at radius 1 is 1.05 bits per heavy atom. The van der Waals surface area contributed by atoms with Gasteiger partial charge in [0.05, 0.1) is 6.04 Å². The van der Waals surface area contributed by atoms with Gasteiger partial charge in [-0.25, -0.2) is 8.78 Å². The first-order valence-corrected chi connectivity index (χ1v) is 6.41. The Morgan fingerprint density at radius 2 is 1.70 bits per heavy atom. The minimum absolute atomic E-state index is 0.298. The molecule has 1 unspecified atom stereocenters. The second-order valence-corrected chi connectivity index (χ2v) is 5.12. The van der Waals surface area contributed by atoms with E-state index in [1.807, 2.05) is 38.4 Å². The van der Waals surface area contributed by atoms with Crippen LogP contribution in [0.1, 0.15) is 22.7 Å². The molecule has 0 amide bonds. The summed E-state index contributed by atoms with van der Waals surface area (Å²) in [6.45, 7) is 0.834. The van der Waals surface area contributed by atoms with Gasteiger partial charge >= 0.3 is 0 Å². The number of hydrogen-bond acceptors (Lipinski definition) is 2. The van der Waals surface area contributed by atoms with Crippen LogP contribution in [-0.4, -0.2) is 19.0 Å². The van der Waals surface area contributed by atoms with E-state index in [0.29, 0.717) is 5.56 Å². The molecule has 1 atom stereocenters. The molecule has 20 heavy (non-hydrogen) atoms. The lowest BCUT2D eigenvalue weighted by molar-refractivity contribution is 0.402. The van der Waals surface area contributed by atoms with E-state index in [9.17, 15) is 8.78 Å². The smallest absolute Gasteiger partial charge is 0.131 e. The predicted molar refractivity (Wildman–Crippen MR) is 76.2 cm³/mol. The third kappa shape index (κ3) is 3.40. The maximum Gasteiger partial charge on any atom is 0.131 e. The van der Waals surface area contributed by atoms with Crippen molar-refractivity contribution < 1.29 is 8.78 Å². The van der Waals surface area contributed by atoms with Crippen LogP contribution in [0.3, 0.4) is 0 Å². The average Bonchev–Trinajstić information content (AvgIpc) is 2.38. The lowest BCUT2D eigenvalue weighted by Crippen LogP contribution is -2.14. The zero-order valence-electron chi connectivity index (χ0n) is 11.6. The lowest BCUT2D eigenvalue weighted by atomic mass is 9.98. The molecule has 2 aromatic carbocycles. The summed E-state index contributed by atoms with van der Waals surface area (Å²) in [7, 11) is 3.99. The normalized spacial score (nSPS) is 12.7. The van der Waals surface area contributed by atoms with Crippen molar-refractivity contribution in [1.82, 2.24) is 4.90 Å². The van der Waals surface area contributed by atoms with Crippen molar-refractivity contribution in [2.75, 3.05) is 14.1 Å². The first kappa shape index (κ1) is 14.6. The van der Waals surface area contributed by atoms with Gasteiger partial charge < -0.3 is 10.6 Å². The molecule has 0 aliphatic carbocycles. The number of halogens is 2. The van der Waals surface area contributed by atoms with Crippen LogP contribution in [0.15, 0.2) is 42.5 Å². The van der Waals surface area contributed by atoms with Crippen LogP contribution in [0, 0.1) is 11.6 Å². The molecule has 0 fully saturated rings. The zero-order chi connectivity index (χ0) is 14.7. The fraction of sp³-hybridized carbons (Fsp3) is 0.250. The zero-order valence-corrected chi connectivity index (χ0v) is 11.6. The minimum Gasteiger partial charge on any atom is -0.320 e. The molecule has 0 spiro atoms. The van der Waals surface area contributed by atoms with Gasteiger partial charge in [0.25, 0.3) is 0 Å². The highest BCUT2D eigenvalue weighted by Gasteiger charge is 2.14. The molecule has 0 aromatic heterocycles. The van der Waals surface area contributed by atoms with Gasteiger partial charge in [-0.2, -0.15) is 0 Å². The summed E-state index contributed by atoms with van der Waals surface area (Å²) in [5.41, 5.74) is 8.31. The quantitative estimate of drug-likeness (QED) is 0.930. The van der Waals surface area contributed by atoms with E-state index in [1.54, 1.807) is 0 Å². The van der Waals surface area contributed by atoms with Gasteiger partial charge in [0.1, 0.15) is 11.6 Å². The molecule has 0 saturated heterocycles. The van der Waals surface area contributed by atoms with Crippen LogP contribution < -0.4 is 5.73 Å². The molecular weight excluding hydrogens is 258 g/mol. The summed E-state index contributed by atoms with van der Waals surface area (Å²) >= 11 is 0. The molecule has 0 aliphatic heterocycles. The molecular formula is C16H18F2N2. The van der Waals surface area contributed by atoms with E-state index in [0.717, 1.165) is 23.7 Å². The molecule has 2 aromatic rings. The Morgan fingerprint density at radius 3 is 2.25 bits per heavy atom. The molecule has 0 heterocycles. The molecule has 0 bridgehead atoms. The molecule has 2 nitrogen and oxygen atoms in total. The van der Waals surface area contributed by atoms with Gasteiger partial charge in [-0.3, -0.25) is 0 Å². The van der Waals surface area contributed by atoms with Crippen molar-refractivity contribution in [3.8, 4) is 0 Å². The Balaban J connectivity index is 2.22. The molecule has 0 aliphatic rings. The maximum absolute atomic E-state index is 13.7. The van der Waals surface area contributed by atoms with E-state index in [-0.39, 0.29) is 0 Å². The van der Waals surface area contributed by atoms with Gasteiger partial charge in [0.2, 0.25) is 0 Å². The molecule has 2 rings (SSSR count). The van der Waals surface area contributed by atoms with Crippen LogP contribution in [0.4, 0.5) is 8.78 Å². The first-order valence-electron chi connectivity index (χ1n) is 6.41. The highest BCUT2D eigenvalue weighted by molar-refractivity contribution is 5.34. The molecule has 4 heteroatoms.